The van der Waals surface area contributed by atoms with Crippen LogP contribution in [0.5, 0.6) is 0 Å². The Morgan fingerprint density at radius 1 is 1.61 bits per heavy atom. The molecule has 1 saturated heterocycles. The first-order chi connectivity index (χ1) is 8.56. The Hall–Kier alpha value is -0.390. The van der Waals surface area contributed by atoms with E-state index >= 15 is 0 Å². The van der Waals surface area contributed by atoms with Crippen LogP contribution < -0.4 is 5.32 Å². The zero-order chi connectivity index (χ0) is 13.1. The highest BCUT2D eigenvalue weighted by Crippen LogP contribution is 2.23. The Labute approximate surface area is 121 Å². The first-order valence-corrected chi connectivity index (χ1v) is 8.01. The van der Waals surface area contributed by atoms with Crippen LogP contribution in [-0.4, -0.2) is 29.4 Å². The number of carbonyl (C=O) groups excluding carboxylic acids is 1. The summed E-state index contributed by atoms with van der Waals surface area (Å²) in [5, 5.41) is 5.42. The van der Waals surface area contributed by atoms with Crippen LogP contribution in [0.25, 0.3) is 0 Å². The highest BCUT2D eigenvalue weighted by Gasteiger charge is 2.28. The average molecular weight is 331 g/mol. The number of halogens is 1. The van der Waals surface area contributed by atoms with Gasteiger partial charge in [-0.25, -0.2) is 0 Å². The second-order valence-corrected chi connectivity index (χ2v) is 6.92. The zero-order valence-corrected chi connectivity index (χ0v) is 13.2. The van der Waals surface area contributed by atoms with E-state index in [0.29, 0.717) is 6.04 Å². The van der Waals surface area contributed by atoms with Crippen LogP contribution in [0.2, 0.25) is 0 Å². The molecular formula is C13H19BrN2OS. The van der Waals surface area contributed by atoms with Crippen molar-refractivity contribution in [2.75, 3.05) is 6.54 Å². The maximum Gasteiger partial charge on any atom is 0.240 e. The number of hydrogen-bond acceptors (Lipinski definition) is 3. The van der Waals surface area contributed by atoms with Crippen LogP contribution in [0.3, 0.4) is 0 Å². The Kier molecular flexibility index (Phi) is 4.81. The molecular weight excluding hydrogens is 312 g/mol. The lowest BCUT2D eigenvalue weighted by molar-refractivity contribution is -0.136. The molecule has 0 aliphatic carbocycles. The van der Waals surface area contributed by atoms with Crippen LogP contribution >= 0.6 is 27.3 Å². The molecule has 1 N–H and O–H groups in total. The Morgan fingerprint density at radius 2 is 2.39 bits per heavy atom. The van der Waals surface area contributed by atoms with E-state index in [0.717, 1.165) is 30.4 Å². The fraction of sp³-hybridized carbons (Fsp3) is 0.615. The summed E-state index contributed by atoms with van der Waals surface area (Å²) >= 11 is 5.15. The van der Waals surface area contributed by atoms with E-state index in [4.69, 9.17) is 0 Å². The second-order valence-electron chi connectivity index (χ2n) is 5.01. The Bertz CT molecular complexity index is 419. The summed E-state index contributed by atoms with van der Waals surface area (Å²) in [6, 6.07) is 2.45. The molecule has 100 valence electrons. The number of amides is 1. The van der Waals surface area contributed by atoms with Gasteiger partial charge in [-0.3, -0.25) is 4.79 Å². The number of nitrogens with one attached hydrogen (secondary N) is 1. The van der Waals surface area contributed by atoms with Crippen molar-refractivity contribution < 1.29 is 4.79 Å². The molecule has 2 rings (SSSR count). The van der Waals surface area contributed by atoms with Gasteiger partial charge in [-0.1, -0.05) is 13.8 Å². The number of nitrogens with zero attached hydrogens (tertiary/aromatic N) is 1. The van der Waals surface area contributed by atoms with E-state index in [2.05, 4.69) is 46.5 Å². The standard InChI is InChI=1S/C13H19BrN2OS/c1-9(2)15-12-4-3-5-16(13(12)17)7-11-6-10(14)8-18-11/h6,8-9,12,15H,3-5,7H2,1-2H3. The van der Waals surface area contributed by atoms with Gasteiger partial charge >= 0.3 is 0 Å². The molecule has 1 fully saturated rings. The summed E-state index contributed by atoms with van der Waals surface area (Å²) < 4.78 is 1.10. The molecule has 0 radical (unpaired) electrons. The van der Waals surface area contributed by atoms with E-state index in [1.165, 1.54) is 4.88 Å². The van der Waals surface area contributed by atoms with Crippen molar-refractivity contribution in [3.63, 3.8) is 0 Å². The van der Waals surface area contributed by atoms with Crippen molar-refractivity contribution in [2.45, 2.75) is 45.3 Å². The van der Waals surface area contributed by atoms with E-state index in [9.17, 15) is 4.79 Å². The summed E-state index contributed by atoms with van der Waals surface area (Å²) in [7, 11) is 0. The van der Waals surface area contributed by atoms with E-state index in [1.807, 2.05) is 4.90 Å². The highest BCUT2D eigenvalue weighted by molar-refractivity contribution is 9.10. The van der Waals surface area contributed by atoms with E-state index in [1.54, 1.807) is 11.3 Å². The third-order valence-electron chi connectivity index (χ3n) is 3.03. The van der Waals surface area contributed by atoms with Crippen molar-refractivity contribution in [1.29, 1.82) is 0 Å². The van der Waals surface area contributed by atoms with Gasteiger partial charge in [0.2, 0.25) is 5.91 Å². The van der Waals surface area contributed by atoms with Crippen LogP contribution in [0.4, 0.5) is 0 Å². The fourth-order valence-corrected chi connectivity index (χ4v) is 3.74. The maximum absolute atomic E-state index is 12.3. The summed E-state index contributed by atoms with van der Waals surface area (Å²) in [4.78, 5) is 15.5. The molecule has 1 aromatic rings. The van der Waals surface area contributed by atoms with Gasteiger partial charge in [0.05, 0.1) is 12.6 Å². The lowest BCUT2D eigenvalue weighted by Crippen LogP contribution is -2.51. The van der Waals surface area contributed by atoms with Crippen LogP contribution in [0.1, 0.15) is 31.6 Å². The van der Waals surface area contributed by atoms with Crippen molar-refractivity contribution in [3.8, 4) is 0 Å². The third kappa shape index (κ3) is 3.56. The summed E-state index contributed by atoms with van der Waals surface area (Å²) in [5.41, 5.74) is 0. The predicted molar refractivity (Wildman–Crippen MR) is 78.7 cm³/mol. The average Bonchev–Trinajstić information content (AvgIpc) is 2.69. The molecule has 5 heteroatoms. The van der Waals surface area contributed by atoms with Gasteiger partial charge in [0.1, 0.15) is 0 Å². The van der Waals surface area contributed by atoms with Crippen LogP contribution in [-0.2, 0) is 11.3 Å². The maximum atomic E-state index is 12.3. The minimum atomic E-state index is 0.00199. The molecule has 0 aromatic carbocycles. The quantitative estimate of drug-likeness (QED) is 0.920. The lowest BCUT2D eigenvalue weighted by Gasteiger charge is -2.33. The van der Waals surface area contributed by atoms with Gasteiger partial charge in [0, 0.05) is 27.3 Å². The number of thiophene rings is 1. The molecule has 3 nitrogen and oxygen atoms in total. The number of rotatable bonds is 4. The van der Waals surface area contributed by atoms with Gasteiger partial charge in [0.25, 0.3) is 0 Å². The summed E-state index contributed by atoms with van der Waals surface area (Å²) in [6.07, 6.45) is 2.05. The van der Waals surface area contributed by atoms with E-state index in [-0.39, 0.29) is 11.9 Å². The molecule has 1 aliphatic heterocycles. The van der Waals surface area contributed by atoms with Crippen LogP contribution in [0.15, 0.2) is 15.9 Å². The molecule has 1 atom stereocenters. The van der Waals surface area contributed by atoms with Gasteiger partial charge in [-0.15, -0.1) is 11.3 Å². The first-order valence-electron chi connectivity index (χ1n) is 6.34. The SMILES string of the molecule is CC(C)NC1CCCN(Cc2cc(Br)cs2)C1=O. The minimum absolute atomic E-state index is 0.00199. The molecule has 18 heavy (non-hydrogen) atoms. The number of carbonyl (C=O) groups is 1. The molecule has 0 bridgehead atoms. The smallest absolute Gasteiger partial charge is 0.240 e. The van der Waals surface area contributed by atoms with Crippen molar-refractivity contribution in [2.24, 2.45) is 0 Å². The van der Waals surface area contributed by atoms with Crippen LogP contribution in [0, 0.1) is 0 Å². The highest BCUT2D eigenvalue weighted by atomic mass is 79.9. The molecule has 1 aliphatic rings. The topological polar surface area (TPSA) is 32.3 Å². The fourth-order valence-electron chi connectivity index (χ4n) is 2.28. The van der Waals surface area contributed by atoms with Gasteiger partial charge in [0.15, 0.2) is 0 Å². The van der Waals surface area contributed by atoms with Gasteiger partial charge < -0.3 is 10.2 Å². The van der Waals surface area contributed by atoms with Gasteiger partial charge in [-0.05, 0) is 34.8 Å². The second kappa shape index (κ2) is 6.17. The van der Waals surface area contributed by atoms with Crippen molar-refractivity contribution in [3.05, 3.63) is 20.8 Å². The van der Waals surface area contributed by atoms with Gasteiger partial charge in [-0.2, -0.15) is 0 Å². The van der Waals surface area contributed by atoms with Crippen molar-refractivity contribution in [1.82, 2.24) is 10.2 Å². The largest absolute Gasteiger partial charge is 0.336 e. The number of hydrogen-bond donors (Lipinski definition) is 1. The molecule has 0 spiro atoms. The lowest BCUT2D eigenvalue weighted by atomic mass is 10.0. The third-order valence-corrected chi connectivity index (χ3v) is 4.72. The molecule has 1 amide bonds. The minimum Gasteiger partial charge on any atom is -0.336 e. The number of likely N-dealkylation sites (tertiary alicyclic amines) is 1. The molecule has 1 aromatic heterocycles. The normalized spacial score (nSPS) is 20.8. The monoisotopic (exact) mass is 330 g/mol. The Morgan fingerprint density at radius 3 is 3.00 bits per heavy atom. The zero-order valence-electron chi connectivity index (χ0n) is 10.8. The molecule has 2 heterocycles. The predicted octanol–water partition coefficient (Wildman–Crippen LogP) is 3.00. The van der Waals surface area contributed by atoms with Crippen molar-refractivity contribution >= 4 is 33.2 Å². The summed E-state index contributed by atoms with van der Waals surface area (Å²) in [6.45, 7) is 5.79. The molecule has 0 saturated carbocycles. The Balaban J connectivity index is 1.98. The summed E-state index contributed by atoms with van der Waals surface area (Å²) in [5.74, 6) is 0.250. The molecule has 1 unspecified atom stereocenters. The number of piperidine rings is 1. The van der Waals surface area contributed by atoms with E-state index < -0.39 is 0 Å². The first kappa shape index (κ1) is 14.0.